The van der Waals surface area contributed by atoms with E-state index >= 15 is 0 Å². The summed E-state index contributed by atoms with van der Waals surface area (Å²) in [6.45, 7) is 4.05. The van der Waals surface area contributed by atoms with Crippen LogP contribution in [0.25, 0.3) is 20.8 Å². The molecule has 12 heteroatoms. The van der Waals surface area contributed by atoms with E-state index in [0.717, 1.165) is 51.3 Å². The molecule has 3 aromatic rings. The molecule has 4 N–H and O–H groups in total. The molecule has 3 aliphatic rings. The molecule has 0 saturated heterocycles. The van der Waals surface area contributed by atoms with Gasteiger partial charge in [0, 0.05) is 30.3 Å². The maximum Gasteiger partial charge on any atom is 0.225 e. The average Bonchev–Trinajstić information content (AvgIpc) is 3.76. The Kier molecular flexibility index (Phi) is 6.56. The Morgan fingerprint density at radius 3 is 2.58 bits per heavy atom. The van der Waals surface area contributed by atoms with Crippen LogP contribution >= 0.6 is 11.3 Å². The molecule has 0 spiro atoms. The first kappa shape index (κ1) is 25.8. The molecule has 3 aromatic heterocycles. The zero-order chi connectivity index (χ0) is 26.8. The molecular formula is C26H34N6O4S2. The Bertz CT molecular complexity index is 1470. The molecular weight excluding hydrogens is 524 g/mol. The molecule has 0 amide bonds. The van der Waals surface area contributed by atoms with Gasteiger partial charge in [-0.1, -0.05) is 0 Å². The molecule has 3 aliphatic carbocycles. The molecule has 0 aromatic carbocycles. The van der Waals surface area contributed by atoms with Crippen LogP contribution in [0, 0.1) is 18.8 Å². The Hall–Kier alpha value is -2.41. The lowest BCUT2D eigenvalue weighted by atomic mass is 10.1. The lowest BCUT2D eigenvalue weighted by molar-refractivity contribution is 0.0216. The van der Waals surface area contributed by atoms with Gasteiger partial charge in [-0.05, 0) is 57.9 Å². The van der Waals surface area contributed by atoms with Crippen LogP contribution in [0.1, 0.15) is 56.3 Å². The van der Waals surface area contributed by atoms with Crippen molar-refractivity contribution in [2.45, 2.75) is 76.2 Å². The zero-order valence-corrected chi connectivity index (χ0v) is 23.4. The summed E-state index contributed by atoms with van der Waals surface area (Å²) in [5.74, 6) is 1.33. The van der Waals surface area contributed by atoms with Gasteiger partial charge in [-0.2, -0.15) is 4.98 Å². The number of fused-ring (bicyclic) bond motifs is 1. The van der Waals surface area contributed by atoms with Crippen LogP contribution in [0.3, 0.4) is 0 Å². The number of pyridine rings is 1. The molecule has 0 radical (unpaired) electrons. The third-order valence-corrected chi connectivity index (χ3v) is 10.0. The van der Waals surface area contributed by atoms with Gasteiger partial charge in [0.15, 0.2) is 0 Å². The minimum absolute atomic E-state index is 0.181. The van der Waals surface area contributed by atoms with Gasteiger partial charge < -0.3 is 20.8 Å². The minimum atomic E-state index is -3.31. The smallest absolute Gasteiger partial charge is 0.225 e. The van der Waals surface area contributed by atoms with Crippen molar-refractivity contribution in [1.29, 1.82) is 0 Å². The number of sulfone groups is 1. The molecule has 6 rings (SSSR count). The van der Waals surface area contributed by atoms with Gasteiger partial charge in [-0.25, -0.2) is 18.4 Å². The number of thiazole rings is 1. The lowest BCUT2D eigenvalue weighted by Gasteiger charge is -2.22. The number of nitrogens with one attached hydrogen (secondary N) is 2. The summed E-state index contributed by atoms with van der Waals surface area (Å²) in [4.78, 5) is 19.2. The van der Waals surface area contributed by atoms with E-state index in [1.807, 2.05) is 19.2 Å². The molecule has 3 heterocycles. The first-order chi connectivity index (χ1) is 18.1. The molecule has 3 fully saturated rings. The lowest BCUT2D eigenvalue weighted by Crippen LogP contribution is -2.36. The number of anilines is 2. The summed E-state index contributed by atoms with van der Waals surface area (Å²) in [6.07, 6.45) is 5.65. The highest BCUT2D eigenvalue weighted by Crippen LogP contribution is 2.45. The topological polar surface area (TPSA) is 150 Å². The summed E-state index contributed by atoms with van der Waals surface area (Å²) >= 11 is 1.56. The number of hydrogen-bond donors (Lipinski definition) is 4. The van der Waals surface area contributed by atoms with Gasteiger partial charge >= 0.3 is 0 Å². The van der Waals surface area contributed by atoms with Crippen molar-refractivity contribution in [1.82, 2.24) is 19.9 Å². The summed E-state index contributed by atoms with van der Waals surface area (Å²) < 4.78 is 24.9. The van der Waals surface area contributed by atoms with E-state index in [2.05, 4.69) is 22.5 Å². The Morgan fingerprint density at radius 2 is 1.89 bits per heavy atom. The van der Waals surface area contributed by atoms with Crippen LogP contribution in [-0.2, 0) is 9.84 Å². The van der Waals surface area contributed by atoms with E-state index < -0.39 is 34.0 Å². The predicted molar refractivity (Wildman–Crippen MR) is 148 cm³/mol. The molecule has 0 bridgehead atoms. The van der Waals surface area contributed by atoms with Gasteiger partial charge in [0.1, 0.15) is 32.3 Å². The van der Waals surface area contributed by atoms with Gasteiger partial charge in [0.25, 0.3) is 0 Å². The maximum absolute atomic E-state index is 11.9. The largest absolute Gasteiger partial charge is 0.390 e. The van der Waals surface area contributed by atoms with Crippen molar-refractivity contribution in [3.05, 3.63) is 23.7 Å². The summed E-state index contributed by atoms with van der Waals surface area (Å²) in [5.41, 5.74) is 3.43. The quantitative estimate of drug-likeness (QED) is 0.308. The second kappa shape index (κ2) is 9.65. The van der Waals surface area contributed by atoms with Crippen LogP contribution in [0.2, 0.25) is 0 Å². The van der Waals surface area contributed by atoms with Gasteiger partial charge in [-0.3, -0.25) is 4.98 Å². The first-order valence-corrected chi connectivity index (χ1v) is 16.2. The Labute approximate surface area is 226 Å². The molecule has 204 valence electrons. The standard InChI is InChI=1S/C26H34N6O4S2/c1-12(14-4-5-14)28-26-29-13(2)19(25-31-21-18(37-25)8-9-27-20(21)15-6-7-15)24(32-26)30-17-10-16(11-38(3,35)36)22(33)23(17)34/h8-9,12,14-17,22-23,33-34H,4-7,10-11H2,1-3H3,(H2,28,29,30,32)/t12-,16-,17-,22-,23+/m1/s1. The molecule has 3 saturated carbocycles. The molecule has 10 nitrogen and oxygen atoms in total. The van der Waals surface area contributed by atoms with Crippen LogP contribution in [0.15, 0.2) is 12.3 Å². The highest BCUT2D eigenvalue weighted by Gasteiger charge is 2.43. The minimum Gasteiger partial charge on any atom is -0.390 e. The van der Waals surface area contributed by atoms with Crippen molar-refractivity contribution in [3.8, 4) is 10.6 Å². The fraction of sp³-hybridized carbons (Fsp3) is 0.615. The van der Waals surface area contributed by atoms with Gasteiger partial charge in [0.2, 0.25) is 5.95 Å². The van der Waals surface area contributed by atoms with Crippen molar-refractivity contribution in [3.63, 3.8) is 0 Å². The Balaban J connectivity index is 1.38. The normalized spacial score (nSPS) is 26.6. The van der Waals surface area contributed by atoms with Crippen molar-refractivity contribution >= 4 is 43.2 Å². The average molecular weight is 559 g/mol. The monoisotopic (exact) mass is 558 g/mol. The zero-order valence-electron chi connectivity index (χ0n) is 21.8. The van der Waals surface area contributed by atoms with E-state index in [1.54, 1.807) is 11.3 Å². The summed E-state index contributed by atoms with van der Waals surface area (Å²) in [7, 11) is -3.31. The van der Waals surface area contributed by atoms with E-state index in [1.165, 1.54) is 12.8 Å². The van der Waals surface area contributed by atoms with E-state index in [0.29, 0.717) is 30.0 Å². The fourth-order valence-electron chi connectivity index (χ4n) is 5.55. The molecule has 5 atom stereocenters. The SMILES string of the molecule is Cc1nc(N[C@H](C)C2CC2)nc(N[C@@H]2C[C@H](CS(C)(=O)=O)[C@@H](O)[C@H]2O)c1-c1nc2c(C3CC3)nccc2s1. The van der Waals surface area contributed by atoms with Gasteiger partial charge in [0.05, 0.1) is 39.5 Å². The molecule has 0 unspecified atom stereocenters. The van der Waals surface area contributed by atoms with Crippen molar-refractivity contribution in [2.75, 3.05) is 22.6 Å². The van der Waals surface area contributed by atoms with E-state index in [9.17, 15) is 18.6 Å². The number of nitrogens with zero attached hydrogens (tertiary/aromatic N) is 4. The third kappa shape index (κ3) is 5.23. The summed E-state index contributed by atoms with van der Waals surface area (Å²) in [6, 6.07) is 1.64. The highest BCUT2D eigenvalue weighted by atomic mass is 32.2. The van der Waals surface area contributed by atoms with E-state index in [4.69, 9.17) is 15.0 Å². The second-order valence-electron chi connectivity index (χ2n) is 11.3. The maximum atomic E-state index is 11.9. The van der Waals surface area contributed by atoms with Crippen molar-refractivity contribution < 1.29 is 18.6 Å². The Morgan fingerprint density at radius 1 is 1.13 bits per heavy atom. The number of aryl methyl sites for hydroxylation is 1. The molecule has 0 aliphatic heterocycles. The highest BCUT2D eigenvalue weighted by molar-refractivity contribution is 7.90. The number of rotatable bonds is 9. The third-order valence-electron chi connectivity index (χ3n) is 7.93. The van der Waals surface area contributed by atoms with Crippen LogP contribution in [0.4, 0.5) is 11.8 Å². The van der Waals surface area contributed by atoms with E-state index in [-0.39, 0.29) is 11.8 Å². The van der Waals surface area contributed by atoms with Crippen LogP contribution in [0.5, 0.6) is 0 Å². The van der Waals surface area contributed by atoms with Crippen molar-refractivity contribution in [2.24, 2.45) is 11.8 Å². The number of hydrogen-bond acceptors (Lipinski definition) is 11. The van der Waals surface area contributed by atoms with Crippen LogP contribution in [-0.4, -0.2) is 74.9 Å². The number of aliphatic hydroxyl groups is 2. The molecule has 38 heavy (non-hydrogen) atoms. The fourth-order valence-corrected chi connectivity index (χ4v) is 7.73. The summed E-state index contributed by atoms with van der Waals surface area (Å²) in [5, 5.41) is 29.0. The predicted octanol–water partition coefficient (Wildman–Crippen LogP) is 3.11. The second-order valence-corrected chi connectivity index (χ2v) is 14.5. The van der Waals surface area contributed by atoms with Gasteiger partial charge in [-0.15, -0.1) is 11.3 Å². The van der Waals surface area contributed by atoms with Crippen LogP contribution < -0.4 is 10.6 Å². The number of aliphatic hydroxyl groups excluding tert-OH is 2. The number of aromatic nitrogens is 4. The first-order valence-electron chi connectivity index (χ1n) is 13.3.